The highest BCUT2D eigenvalue weighted by molar-refractivity contribution is 7.99. The lowest BCUT2D eigenvalue weighted by atomic mass is 10.2. The molecule has 0 fully saturated rings. The van der Waals surface area contributed by atoms with Gasteiger partial charge < -0.3 is 4.55 Å². The van der Waals surface area contributed by atoms with Crippen LogP contribution in [0.4, 0.5) is 35.1 Å². The summed E-state index contributed by atoms with van der Waals surface area (Å²) >= 11 is 7.95. The second kappa shape index (κ2) is 16.5. The van der Waals surface area contributed by atoms with Crippen LogP contribution in [-0.2, 0) is 25.7 Å². The molecule has 0 atom stereocenters. The van der Waals surface area contributed by atoms with Gasteiger partial charge in [-0.05, 0) is 96.6 Å². The van der Waals surface area contributed by atoms with E-state index in [1.54, 1.807) is 48.5 Å². The third-order valence-corrected chi connectivity index (χ3v) is 14.1. The molecule has 5 rings (SSSR count). The summed E-state index contributed by atoms with van der Waals surface area (Å²) in [5.74, 6) is -12.3. The topological polar surface area (TPSA) is 91.3 Å². The fourth-order valence-electron chi connectivity index (χ4n) is 4.60. The molecule has 0 aliphatic heterocycles. The predicted octanol–water partition coefficient (Wildman–Crippen LogP) is 8.65. The molecule has 18 heteroatoms. The normalized spacial score (nSPS) is 12.7. The van der Waals surface area contributed by atoms with E-state index in [0.29, 0.717) is 10.6 Å². The lowest BCUT2D eigenvalue weighted by molar-refractivity contribution is -0.273. The van der Waals surface area contributed by atoms with Crippen molar-refractivity contribution in [3.05, 3.63) is 144 Å². The molecule has 0 bridgehead atoms. The van der Waals surface area contributed by atoms with Crippen molar-refractivity contribution in [2.75, 3.05) is 0 Å². The summed E-state index contributed by atoms with van der Waals surface area (Å²) < 4.78 is 154. The zero-order chi connectivity index (χ0) is 39.4. The highest BCUT2D eigenvalue weighted by atomic mass is 35.5. The smallest absolute Gasteiger partial charge is 0.402 e. The summed E-state index contributed by atoms with van der Waals surface area (Å²) in [6, 6.07) is 34.8. The maximum absolute atomic E-state index is 13.6. The molecule has 5 aromatic rings. The van der Waals surface area contributed by atoms with Crippen molar-refractivity contribution >= 4 is 67.2 Å². The number of alkyl halides is 6. The van der Waals surface area contributed by atoms with Crippen LogP contribution in [0.2, 0.25) is 5.02 Å². The zero-order valence-corrected chi connectivity index (χ0v) is 31.1. The zero-order valence-electron chi connectivity index (χ0n) is 26.9. The number of sulfone groups is 1. The van der Waals surface area contributed by atoms with Gasteiger partial charge in [0.25, 0.3) is 0 Å². The van der Waals surface area contributed by atoms with Crippen molar-refractivity contribution in [2.45, 2.75) is 44.5 Å². The van der Waals surface area contributed by atoms with Crippen LogP contribution in [0.3, 0.4) is 0 Å². The SMILES string of the molecule is CC(F)(F)C(F)(F)C(F)(F)S(=O)(=O)[O-].O=S(=O)(Cc1ccccc1)c1ccc(Sc2ccc([PH+](c3ccc(F)cc3)c3ccc(F)cc3)cc2)c(Cl)c1. The second-order valence-electron chi connectivity index (χ2n) is 11.3. The van der Waals surface area contributed by atoms with E-state index in [9.17, 15) is 56.5 Å². The number of halogens is 9. The Morgan fingerprint density at radius 2 is 1.13 bits per heavy atom. The Bertz CT molecular complexity index is 2200. The first-order valence-corrected chi connectivity index (χ1v) is 20.6. The van der Waals surface area contributed by atoms with E-state index in [0.717, 1.165) is 25.7 Å². The van der Waals surface area contributed by atoms with Gasteiger partial charge in [-0.15, -0.1) is 0 Å². The lowest BCUT2D eigenvalue weighted by Crippen LogP contribution is -2.56. The van der Waals surface area contributed by atoms with E-state index >= 15 is 0 Å². The van der Waals surface area contributed by atoms with E-state index in [2.05, 4.69) is 0 Å². The van der Waals surface area contributed by atoms with Crippen molar-refractivity contribution in [1.82, 2.24) is 0 Å². The lowest BCUT2D eigenvalue weighted by Gasteiger charge is -2.31. The number of rotatable bonds is 11. The molecule has 0 saturated carbocycles. The van der Waals surface area contributed by atoms with Crippen molar-refractivity contribution in [3.63, 3.8) is 0 Å². The molecule has 5 nitrogen and oxygen atoms in total. The summed E-state index contributed by atoms with van der Waals surface area (Å²) in [5.41, 5.74) is 0.717. The molecular weight excluding hydrogens is 815 g/mol. The summed E-state index contributed by atoms with van der Waals surface area (Å²) in [7, 11) is -11.9. The Kier molecular flexibility index (Phi) is 13.1. The molecule has 0 aliphatic carbocycles. The van der Waals surface area contributed by atoms with E-state index in [1.807, 2.05) is 42.5 Å². The van der Waals surface area contributed by atoms with Gasteiger partial charge >= 0.3 is 17.1 Å². The summed E-state index contributed by atoms with van der Waals surface area (Å²) in [6.45, 7) is -0.619. The minimum absolute atomic E-state index is 0.0930. The van der Waals surface area contributed by atoms with Crippen LogP contribution in [0.25, 0.3) is 0 Å². The van der Waals surface area contributed by atoms with Crippen LogP contribution in [0, 0.1) is 11.6 Å². The van der Waals surface area contributed by atoms with Crippen LogP contribution >= 0.6 is 31.3 Å². The van der Waals surface area contributed by atoms with Crippen LogP contribution in [0.15, 0.2) is 136 Å². The molecule has 282 valence electrons. The first-order valence-electron chi connectivity index (χ1n) is 14.9. The number of hydrogen-bond acceptors (Lipinski definition) is 6. The van der Waals surface area contributed by atoms with E-state index in [-0.39, 0.29) is 22.3 Å². The minimum Gasteiger partial charge on any atom is -0.743 e. The molecule has 0 saturated heterocycles. The van der Waals surface area contributed by atoms with Gasteiger partial charge in [0.2, 0.25) is 0 Å². The number of benzene rings is 5. The van der Waals surface area contributed by atoms with Gasteiger partial charge in [-0.2, -0.15) is 26.3 Å². The average molecular weight is 841 g/mol. The maximum Gasteiger partial charge on any atom is 0.402 e. The van der Waals surface area contributed by atoms with E-state index in [4.69, 9.17) is 11.6 Å². The third kappa shape index (κ3) is 10.2. The first-order chi connectivity index (χ1) is 24.5. The number of hydrogen-bond donors (Lipinski definition) is 0. The molecule has 5 aromatic carbocycles. The van der Waals surface area contributed by atoms with Crippen molar-refractivity contribution in [1.29, 1.82) is 0 Å². The van der Waals surface area contributed by atoms with Crippen LogP contribution in [-0.4, -0.2) is 38.5 Å². The molecular formula is C35H26ClF8O5PS3. The molecule has 0 aromatic heterocycles. The highest BCUT2D eigenvalue weighted by Crippen LogP contribution is 2.47. The van der Waals surface area contributed by atoms with Crippen molar-refractivity contribution in [2.24, 2.45) is 0 Å². The quantitative estimate of drug-likeness (QED) is 0.0752. The van der Waals surface area contributed by atoms with Gasteiger partial charge in [0.1, 0.15) is 27.5 Å². The molecule has 0 radical (unpaired) electrons. The Hall–Kier alpha value is -3.53. The first kappa shape index (κ1) is 42.2. The summed E-state index contributed by atoms with van der Waals surface area (Å²) in [5, 5.41) is -2.94. The van der Waals surface area contributed by atoms with Gasteiger partial charge in [-0.1, -0.05) is 53.7 Å². The van der Waals surface area contributed by atoms with Crippen LogP contribution in [0.5, 0.6) is 0 Å². The van der Waals surface area contributed by atoms with Gasteiger partial charge in [0.05, 0.1) is 23.6 Å². The van der Waals surface area contributed by atoms with Crippen molar-refractivity contribution in [3.8, 4) is 0 Å². The third-order valence-electron chi connectivity index (χ3n) is 7.33. The Labute approximate surface area is 310 Å². The van der Waals surface area contributed by atoms with E-state index < -0.39 is 51.9 Å². The summed E-state index contributed by atoms with van der Waals surface area (Å²) in [4.78, 5) is 1.85. The van der Waals surface area contributed by atoms with Gasteiger partial charge in [-0.3, -0.25) is 0 Å². The highest BCUT2D eigenvalue weighted by Gasteiger charge is 2.72. The predicted molar refractivity (Wildman–Crippen MR) is 190 cm³/mol. The minimum atomic E-state index is -6.86. The molecule has 0 amide bonds. The Morgan fingerprint density at radius 1 is 0.679 bits per heavy atom. The van der Waals surface area contributed by atoms with Gasteiger partial charge in [-0.25, -0.2) is 25.6 Å². The van der Waals surface area contributed by atoms with E-state index in [1.165, 1.54) is 42.1 Å². The molecule has 0 heterocycles. The monoisotopic (exact) mass is 840 g/mol. The van der Waals surface area contributed by atoms with Crippen LogP contribution in [0.1, 0.15) is 12.5 Å². The fraction of sp³-hybridized carbons (Fsp3) is 0.143. The maximum atomic E-state index is 13.6. The van der Waals surface area contributed by atoms with Gasteiger partial charge in [0, 0.05) is 16.7 Å². The molecule has 53 heavy (non-hydrogen) atoms. The summed E-state index contributed by atoms with van der Waals surface area (Å²) in [6.07, 6.45) is 0. The van der Waals surface area contributed by atoms with Crippen LogP contribution < -0.4 is 15.9 Å². The van der Waals surface area contributed by atoms with Gasteiger partial charge in [0.15, 0.2) is 20.0 Å². The second-order valence-corrected chi connectivity index (χ2v) is 18.7. The molecule has 0 spiro atoms. The molecule has 0 aliphatic rings. The fourth-order valence-corrected chi connectivity index (χ4v) is 10.1. The standard InChI is InChI=1S/C31H22ClF2O2PS2.C4H4F6O3S/c32-30-20-29(39(35,36)21-22-4-2-1-3-5-22)18-19-31(30)38-28-16-14-27(15-17-28)37(25-10-6-23(33)7-11-25)26-12-8-24(34)9-13-26;1-2(5,6)3(7,8)4(9,10)14(11,12)13/h1-20H,21H2;1H3,(H,11,12,13). The molecule has 0 unspecified atom stereocenters. The largest absolute Gasteiger partial charge is 0.743 e. The molecule has 0 N–H and O–H groups in total. The Morgan fingerprint density at radius 3 is 1.53 bits per heavy atom. The Balaban J connectivity index is 0.000000381. The average Bonchev–Trinajstić information content (AvgIpc) is 3.07. The van der Waals surface area contributed by atoms with Crippen molar-refractivity contribution < 1.29 is 56.5 Å².